The summed E-state index contributed by atoms with van der Waals surface area (Å²) >= 11 is 1.61. The van der Waals surface area contributed by atoms with Crippen molar-refractivity contribution in [3.05, 3.63) is 70.0 Å². The zero-order valence-electron chi connectivity index (χ0n) is 16.2. The Morgan fingerprint density at radius 1 is 1.17 bits per heavy atom. The minimum absolute atomic E-state index is 0.0180. The van der Waals surface area contributed by atoms with Crippen LogP contribution >= 0.6 is 11.8 Å². The number of nitro groups is 1. The first-order chi connectivity index (χ1) is 14.1. The van der Waals surface area contributed by atoms with Gasteiger partial charge >= 0.3 is 0 Å². The van der Waals surface area contributed by atoms with Gasteiger partial charge in [-0.3, -0.25) is 15.0 Å². The van der Waals surface area contributed by atoms with Crippen molar-refractivity contribution in [2.24, 2.45) is 0 Å². The van der Waals surface area contributed by atoms with Gasteiger partial charge in [-0.2, -0.15) is 0 Å². The van der Waals surface area contributed by atoms with E-state index in [1.54, 1.807) is 23.9 Å². The number of non-ortho nitro benzene ring substituents is 1. The fourth-order valence-corrected chi connectivity index (χ4v) is 4.42. The first-order valence-corrected chi connectivity index (χ1v) is 10.4. The monoisotopic (exact) mass is 410 g/mol. The largest absolute Gasteiger partial charge is 0.379 e. The third-order valence-corrected chi connectivity index (χ3v) is 6.08. The average molecular weight is 410 g/mol. The standard InChI is InChI=1S/C21H22N4O3S/c1-15(16-5-4-6-17(13-16)25(26)27)29-21-18-7-2-3-8-19(18)22-20(23-21)14-24-9-11-28-12-10-24/h2-8,13,15H,9-12,14H2,1H3/t15-/m1/s1. The van der Waals surface area contributed by atoms with Crippen LogP contribution in [0.4, 0.5) is 5.69 Å². The lowest BCUT2D eigenvalue weighted by atomic mass is 10.1. The molecule has 0 unspecified atom stereocenters. The highest BCUT2D eigenvalue weighted by atomic mass is 32.2. The van der Waals surface area contributed by atoms with Crippen molar-refractivity contribution in [3.63, 3.8) is 0 Å². The molecule has 0 spiro atoms. The second-order valence-electron chi connectivity index (χ2n) is 6.96. The minimum atomic E-state index is -0.360. The second kappa shape index (κ2) is 8.86. The molecule has 0 N–H and O–H groups in total. The molecule has 0 aliphatic carbocycles. The number of aromatic nitrogens is 2. The topological polar surface area (TPSA) is 81.4 Å². The van der Waals surface area contributed by atoms with Crippen LogP contribution in [0.5, 0.6) is 0 Å². The molecule has 150 valence electrons. The van der Waals surface area contributed by atoms with Crippen molar-refractivity contribution in [3.8, 4) is 0 Å². The molecular formula is C21H22N4O3S. The van der Waals surface area contributed by atoms with Gasteiger partial charge in [0.05, 0.1) is 30.2 Å². The number of thioether (sulfide) groups is 1. The SMILES string of the molecule is C[C@@H](Sc1nc(CN2CCOCC2)nc2ccccc12)c1cccc([N+](=O)[O-])c1. The lowest BCUT2D eigenvalue weighted by Crippen LogP contribution is -2.36. The maximum atomic E-state index is 11.1. The van der Waals surface area contributed by atoms with Gasteiger partial charge in [0, 0.05) is 35.9 Å². The number of morpholine rings is 1. The number of nitro benzene ring substituents is 1. The molecule has 0 bridgehead atoms. The predicted octanol–water partition coefficient (Wildman–Crippen LogP) is 4.22. The van der Waals surface area contributed by atoms with Crippen LogP contribution in [0, 0.1) is 10.1 Å². The Labute approximate surface area is 173 Å². The molecule has 0 radical (unpaired) electrons. The molecule has 1 atom stereocenters. The molecule has 1 aromatic heterocycles. The zero-order valence-corrected chi connectivity index (χ0v) is 17.0. The number of nitrogens with zero attached hydrogens (tertiary/aromatic N) is 4. The number of ether oxygens (including phenoxy) is 1. The number of para-hydroxylation sites is 1. The van der Waals surface area contributed by atoms with Gasteiger partial charge < -0.3 is 4.74 Å². The normalized spacial score (nSPS) is 16.0. The van der Waals surface area contributed by atoms with Gasteiger partial charge in [0.2, 0.25) is 0 Å². The molecule has 2 aromatic carbocycles. The van der Waals surface area contributed by atoms with Crippen molar-refractivity contribution in [1.29, 1.82) is 0 Å². The molecule has 4 rings (SSSR count). The highest BCUT2D eigenvalue weighted by Gasteiger charge is 2.18. The maximum Gasteiger partial charge on any atom is 0.269 e. The molecule has 1 aliphatic rings. The number of hydrogen-bond donors (Lipinski definition) is 0. The van der Waals surface area contributed by atoms with Crippen LogP contribution < -0.4 is 0 Å². The molecule has 0 amide bonds. The summed E-state index contributed by atoms with van der Waals surface area (Å²) in [5.41, 5.74) is 1.93. The van der Waals surface area contributed by atoms with E-state index in [4.69, 9.17) is 14.7 Å². The summed E-state index contributed by atoms with van der Waals surface area (Å²) in [7, 11) is 0. The second-order valence-corrected chi connectivity index (χ2v) is 8.29. The van der Waals surface area contributed by atoms with E-state index >= 15 is 0 Å². The van der Waals surface area contributed by atoms with Crippen molar-refractivity contribution in [1.82, 2.24) is 14.9 Å². The molecule has 3 aromatic rings. The number of benzene rings is 2. The summed E-state index contributed by atoms with van der Waals surface area (Å²) in [6.07, 6.45) is 0. The summed E-state index contributed by atoms with van der Waals surface area (Å²) in [6, 6.07) is 14.8. The molecule has 1 saturated heterocycles. The van der Waals surface area contributed by atoms with Crippen molar-refractivity contribution in [2.45, 2.75) is 23.7 Å². The third kappa shape index (κ3) is 4.72. The van der Waals surface area contributed by atoms with Gasteiger partial charge in [-0.05, 0) is 18.6 Å². The zero-order chi connectivity index (χ0) is 20.2. The summed E-state index contributed by atoms with van der Waals surface area (Å²) in [5.74, 6) is 0.791. The van der Waals surface area contributed by atoms with E-state index < -0.39 is 0 Å². The fraction of sp³-hybridized carbons (Fsp3) is 0.333. The Balaban J connectivity index is 1.63. The molecule has 29 heavy (non-hydrogen) atoms. The van der Waals surface area contributed by atoms with E-state index in [2.05, 4.69) is 4.90 Å². The Morgan fingerprint density at radius 3 is 2.76 bits per heavy atom. The summed E-state index contributed by atoms with van der Waals surface area (Å²) in [6.45, 7) is 5.96. The van der Waals surface area contributed by atoms with E-state index in [1.165, 1.54) is 6.07 Å². The van der Waals surface area contributed by atoms with Crippen molar-refractivity contribution >= 4 is 28.4 Å². The number of rotatable bonds is 6. The van der Waals surface area contributed by atoms with Crippen LogP contribution in [0.25, 0.3) is 10.9 Å². The van der Waals surface area contributed by atoms with Gasteiger partial charge in [0.25, 0.3) is 5.69 Å². The van der Waals surface area contributed by atoms with Crippen LogP contribution in [0.2, 0.25) is 0 Å². The Bertz CT molecular complexity index is 1020. The minimum Gasteiger partial charge on any atom is -0.379 e. The van der Waals surface area contributed by atoms with E-state index in [0.29, 0.717) is 6.54 Å². The molecular weight excluding hydrogens is 388 g/mol. The van der Waals surface area contributed by atoms with E-state index in [-0.39, 0.29) is 15.9 Å². The first kappa shape index (κ1) is 19.8. The molecule has 8 heteroatoms. The third-order valence-electron chi connectivity index (χ3n) is 4.92. The van der Waals surface area contributed by atoms with E-state index in [9.17, 15) is 10.1 Å². The van der Waals surface area contributed by atoms with Crippen LogP contribution in [-0.4, -0.2) is 46.1 Å². The number of fused-ring (bicyclic) bond motifs is 1. The molecule has 7 nitrogen and oxygen atoms in total. The molecule has 2 heterocycles. The Morgan fingerprint density at radius 2 is 1.97 bits per heavy atom. The smallest absolute Gasteiger partial charge is 0.269 e. The highest BCUT2D eigenvalue weighted by Crippen LogP contribution is 2.38. The highest BCUT2D eigenvalue weighted by molar-refractivity contribution is 7.99. The fourth-order valence-electron chi connectivity index (χ4n) is 3.34. The first-order valence-electron chi connectivity index (χ1n) is 9.57. The van der Waals surface area contributed by atoms with Gasteiger partial charge in [-0.15, -0.1) is 0 Å². The molecule has 1 fully saturated rings. The van der Waals surface area contributed by atoms with Crippen LogP contribution in [-0.2, 0) is 11.3 Å². The van der Waals surface area contributed by atoms with Gasteiger partial charge in [-0.1, -0.05) is 42.1 Å². The maximum absolute atomic E-state index is 11.1. The lowest BCUT2D eigenvalue weighted by Gasteiger charge is -2.26. The summed E-state index contributed by atoms with van der Waals surface area (Å²) < 4.78 is 5.42. The summed E-state index contributed by atoms with van der Waals surface area (Å²) in [4.78, 5) is 22.6. The predicted molar refractivity (Wildman–Crippen MR) is 113 cm³/mol. The van der Waals surface area contributed by atoms with Gasteiger partial charge in [-0.25, -0.2) is 9.97 Å². The Kier molecular flexibility index (Phi) is 6.03. The quantitative estimate of drug-likeness (QED) is 0.260. The van der Waals surface area contributed by atoms with E-state index in [1.807, 2.05) is 37.3 Å². The lowest BCUT2D eigenvalue weighted by molar-refractivity contribution is -0.384. The Hall–Kier alpha value is -2.55. The van der Waals surface area contributed by atoms with Gasteiger partial charge in [0.15, 0.2) is 0 Å². The van der Waals surface area contributed by atoms with Gasteiger partial charge in [0.1, 0.15) is 10.9 Å². The molecule has 0 saturated carbocycles. The van der Waals surface area contributed by atoms with Crippen molar-refractivity contribution in [2.75, 3.05) is 26.3 Å². The van der Waals surface area contributed by atoms with Crippen LogP contribution in [0.3, 0.4) is 0 Å². The average Bonchev–Trinajstić information content (AvgIpc) is 2.74. The van der Waals surface area contributed by atoms with E-state index in [0.717, 1.165) is 53.6 Å². The molecule has 1 aliphatic heterocycles. The van der Waals surface area contributed by atoms with Crippen molar-refractivity contribution < 1.29 is 9.66 Å². The van der Waals surface area contributed by atoms with Crippen LogP contribution in [0.1, 0.15) is 23.6 Å². The summed E-state index contributed by atoms with van der Waals surface area (Å²) in [5, 5.41) is 13.0. The number of hydrogen-bond acceptors (Lipinski definition) is 7. The van der Waals surface area contributed by atoms with Crippen LogP contribution in [0.15, 0.2) is 53.6 Å².